The molecule has 0 saturated heterocycles. The highest BCUT2D eigenvalue weighted by Gasteiger charge is 2.10. The molecule has 0 aliphatic rings. The van der Waals surface area contributed by atoms with Crippen molar-refractivity contribution in [3.05, 3.63) is 44.3 Å². The van der Waals surface area contributed by atoms with Crippen LogP contribution in [-0.2, 0) is 12.8 Å². The Labute approximate surface area is 134 Å². The number of hydrogen-bond donors (Lipinski definition) is 0. The van der Waals surface area contributed by atoms with E-state index in [0.29, 0.717) is 0 Å². The normalized spacial score (nSPS) is 11.6. The van der Waals surface area contributed by atoms with E-state index in [2.05, 4.69) is 70.0 Å². The van der Waals surface area contributed by atoms with Crippen LogP contribution in [0.4, 0.5) is 0 Å². The molecule has 1 aromatic heterocycles. The quantitative estimate of drug-likeness (QED) is 0.451. The van der Waals surface area contributed by atoms with E-state index in [0.717, 1.165) is 12.8 Å². The summed E-state index contributed by atoms with van der Waals surface area (Å²) >= 11 is 9.22. The van der Waals surface area contributed by atoms with Crippen LogP contribution in [-0.4, -0.2) is 0 Å². The summed E-state index contributed by atoms with van der Waals surface area (Å²) in [5.41, 5.74) is 2.77. The van der Waals surface area contributed by atoms with E-state index in [9.17, 15) is 0 Å². The minimum atomic E-state index is 1.06. The SMILES string of the molecule is CCc1cc2c(cc1Br)sc1cc(Br)c(CC)cc12. The Morgan fingerprint density at radius 1 is 0.789 bits per heavy atom. The topological polar surface area (TPSA) is 0 Å². The summed E-state index contributed by atoms with van der Waals surface area (Å²) < 4.78 is 5.17. The molecule has 98 valence electrons. The number of fused-ring (bicyclic) bond motifs is 3. The van der Waals surface area contributed by atoms with Crippen molar-refractivity contribution in [1.82, 2.24) is 0 Å². The summed E-state index contributed by atoms with van der Waals surface area (Å²) in [5.74, 6) is 0. The largest absolute Gasteiger partial charge is 0.135 e. The molecule has 0 saturated carbocycles. The molecule has 19 heavy (non-hydrogen) atoms. The molecule has 0 unspecified atom stereocenters. The molecule has 0 aliphatic heterocycles. The lowest BCUT2D eigenvalue weighted by molar-refractivity contribution is 1.13. The van der Waals surface area contributed by atoms with Gasteiger partial charge in [0.25, 0.3) is 0 Å². The maximum absolute atomic E-state index is 3.67. The maximum atomic E-state index is 3.67. The van der Waals surface area contributed by atoms with Gasteiger partial charge in [0.1, 0.15) is 0 Å². The molecule has 3 rings (SSSR count). The lowest BCUT2D eigenvalue weighted by atomic mass is 10.1. The van der Waals surface area contributed by atoms with Gasteiger partial charge in [-0.2, -0.15) is 0 Å². The second-order valence-corrected chi connectivity index (χ2v) is 7.48. The van der Waals surface area contributed by atoms with Crippen LogP contribution in [0.5, 0.6) is 0 Å². The Bertz CT molecular complexity index is 707. The van der Waals surface area contributed by atoms with E-state index in [4.69, 9.17) is 0 Å². The monoisotopic (exact) mass is 396 g/mol. The summed E-state index contributed by atoms with van der Waals surface area (Å²) in [7, 11) is 0. The van der Waals surface area contributed by atoms with Crippen molar-refractivity contribution in [2.24, 2.45) is 0 Å². The van der Waals surface area contributed by atoms with Gasteiger partial charge in [0.2, 0.25) is 0 Å². The van der Waals surface area contributed by atoms with Crippen LogP contribution in [0.3, 0.4) is 0 Å². The molecule has 0 spiro atoms. The van der Waals surface area contributed by atoms with Gasteiger partial charge in [0.15, 0.2) is 0 Å². The lowest BCUT2D eigenvalue weighted by Crippen LogP contribution is -1.83. The van der Waals surface area contributed by atoms with E-state index in [1.165, 1.54) is 40.2 Å². The molecule has 0 fully saturated rings. The predicted octanol–water partition coefficient (Wildman–Crippen LogP) is 6.70. The van der Waals surface area contributed by atoms with Gasteiger partial charge in [-0.25, -0.2) is 0 Å². The van der Waals surface area contributed by atoms with Crippen LogP contribution < -0.4 is 0 Å². The van der Waals surface area contributed by atoms with Crippen LogP contribution in [0.2, 0.25) is 0 Å². The van der Waals surface area contributed by atoms with E-state index in [-0.39, 0.29) is 0 Å². The average Bonchev–Trinajstić information content (AvgIpc) is 2.72. The van der Waals surface area contributed by atoms with Gasteiger partial charge in [-0.1, -0.05) is 45.7 Å². The van der Waals surface area contributed by atoms with Gasteiger partial charge < -0.3 is 0 Å². The standard InChI is InChI=1S/C16H14Br2S/c1-3-9-5-11-12-6-10(4-2)14(18)8-16(12)19-15(11)7-13(9)17/h5-8H,3-4H2,1-2H3. The molecule has 3 heteroatoms. The summed E-state index contributed by atoms with van der Waals surface area (Å²) in [6.45, 7) is 4.41. The third-order valence-corrected chi connectivity index (χ3v) is 6.16. The predicted molar refractivity (Wildman–Crippen MR) is 93.5 cm³/mol. The second kappa shape index (κ2) is 5.19. The molecule has 0 nitrogen and oxygen atoms in total. The fourth-order valence-electron chi connectivity index (χ4n) is 2.45. The fraction of sp³-hybridized carbons (Fsp3) is 0.250. The van der Waals surface area contributed by atoms with Gasteiger partial charge >= 0.3 is 0 Å². The molecule has 0 atom stereocenters. The molecule has 0 N–H and O–H groups in total. The Kier molecular flexibility index (Phi) is 3.71. The molecular weight excluding hydrogens is 384 g/mol. The number of halogens is 2. The zero-order chi connectivity index (χ0) is 13.6. The number of benzene rings is 2. The van der Waals surface area contributed by atoms with Gasteiger partial charge in [-0.3, -0.25) is 0 Å². The van der Waals surface area contributed by atoms with Gasteiger partial charge in [0, 0.05) is 29.1 Å². The van der Waals surface area contributed by atoms with Crippen LogP contribution in [0.25, 0.3) is 20.2 Å². The van der Waals surface area contributed by atoms with Gasteiger partial charge in [-0.15, -0.1) is 11.3 Å². The van der Waals surface area contributed by atoms with Crippen molar-refractivity contribution < 1.29 is 0 Å². The zero-order valence-electron chi connectivity index (χ0n) is 10.9. The van der Waals surface area contributed by atoms with Gasteiger partial charge in [-0.05, 0) is 48.2 Å². The Balaban J connectivity index is 2.41. The number of rotatable bonds is 2. The highest BCUT2D eigenvalue weighted by Crippen LogP contribution is 2.39. The van der Waals surface area contributed by atoms with Crippen molar-refractivity contribution in [3.63, 3.8) is 0 Å². The smallest absolute Gasteiger partial charge is 0.0366 e. The van der Waals surface area contributed by atoms with E-state index < -0.39 is 0 Å². The van der Waals surface area contributed by atoms with Crippen LogP contribution in [0.1, 0.15) is 25.0 Å². The summed E-state index contributed by atoms with van der Waals surface area (Å²) in [5, 5.41) is 2.78. The van der Waals surface area contributed by atoms with Gasteiger partial charge in [0.05, 0.1) is 0 Å². The maximum Gasteiger partial charge on any atom is 0.0366 e. The average molecular weight is 398 g/mol. The minimum Gasteiger partial charge on any atom is -0.135 e. The Hall–Kier alpha value is -0.380. The van der Waals surface area contributed by atoms with Crippen LogP contribution >= 0.6 is 43.2 Å². The summed E-state index contributed by atoms with van der Waals surface area (Å²) in [4.78, 5) is 0. The van der Waals surface area contributed by atoms with E-state index in [1.54, 1.807) is 0 Å². The van der Waals surface area contributed by atoms with Crippen molar-refractivity contribution >= 4 is 63.4 Å². The summed E-state index contributed by atoms with van der Waals surface area (Å²) in [6.07, 6.45) is 2.12. The summed E-state index contributed by atoms with van der Waals surface area (Å²) in [6, 6.07) is 9.20. The first kappa shape index (κ1) is 13.6. The Morgan fingerprint density at radius 3 is 1.58 bits per heavy atom. The third kappa shape index (κ3) is 2.26. The first-order valence-corrected chi connectivity index (χ1v) is 8.87. The molecule has 1 heterocycles. The van der Waals surface area contributed by atoms with Crippen molar-refractivity contribution in [3.8, 4) is 0 Å². The van der Waals surface area contributed by atoms with E-state index in [1.807, 2.05) is 11.3 Å². The van der Waals surface area contributed by atoms with Crippen molar-refractivity contribution in [1.29, 1.82) is 0 Å². The van der Waals surface area contributed by atoms with Crippen molar-refractivity contribution in [2.75, 3.05) is 0 Å². The van der Waals surface area contributed by atoms with E-state index >= 15 is 0 Å². The number of thiophene rings is 1. The molecule has 0 radical (unpaired) electrons. The molecule has 0 bridgehead atoms. The van der Waals surface area contributed by atoms with Crippen molar-refractivity contribution in [2.45, 2.75) is 26.7 Å². The highest BCUT2D eigenvalue weighted by molar-refractivity contribution is 9.10. The molecule has 2 aromatic carbocycles. The van der Waals surface area contributed by atoms with Crippen LogP contribution in [0.15, 0.2) is 33.2 Å². The first-order valence-electron chi connectivity index (χ1n) is 6.47. The highest BCUT2D eigenvalue weighted by atomic mass is 79.9. The second-order valence-electron chi connectivity index (χ2n) is 4.69. The lowest BCUT2D eigenvalue weighted by Gasteiger charge is -2.03. The Morgan fingerprint density at radius 2 is 1.21 bits per heavy atom. The molecule has 0 amide bonds. The molecular formula is C16H14Br2S. The minimum absolute atomic E-state index is 1.06. The molecule has 3 aromatic rings. The number of hydrogen-bond acceptors (Lipinski definition) is 1. The number of aryl methyl sites for hydroxylation is 2. The third-order valence-electron chi connectivity index (χ3n) is 3.57. The van der Waals surface area contributed by atoms with Crippen LogP contribution in [0, 0.1) is 0 Å². The zero-order valence-corrected chi connectivity index (χ0v) is 14.9. The first-order chi connectivity index (χ1) is 9.13. The fourth-order valence-corrected chi connectivity index (χ4v) is 5.15. The molecule has 0 aliphatic carbocycles.